The predicted octanol–water partition coefficient (Wildman–Crippen LogP) is 4.51. The molecule has 0 N–H and O–H groups in total. The molecule has 0 heterocycles. The number of rotatable bonds is 2. The second kappa shape index (κ2) is 5.14. The van der Waals surface area contributed by atoms with Gasteiger partial charge >= 0.3 is 0 Å². The number of nitrogens with zero attached hydrogens (tertiary/aromatic N) is 2. The molecule has 2 aromatic carbocycles. The van der Waals surface area contributed by atoms with Gasteiger partial charge in [-0.05, 0) is 37.1 Å². The molecule has 0 saturated heterocycles. The Morgan fingerprint density at radius 3 is 2.11 bits per heavy atom. The van der Waals surface area contributed by atoms with Crippen LogP contribution in [0.25, 0.3) is 0 Å². The molecule has 19 heavy (non-hydrogen) atoms. The van der Waals surface area contributed by atoms with Crippen molar-refractivity contribution < 1.29 is 13.6 Å². The molecular formula is C14H12F2N2O. The van der Waals surface area contributed by atoms with Crippen LogP contribution >= 0.6 is 0 Å². The quantitative estimate of drug-likeness (QED) is 0.446. The van der Waals surface area contributed by atoms with E-state index in [1.165, 1.54) is 24.3 Å². The van der Waals surface area contributed by atoms with E-state index in [1.807, 2.05) is 0 Å². The number of hydrogen-bond donors (Lipinski definition) is 0. The number of benzene rings is 2. The Labute approximate surface area is 109 Å². The van der Waals surface area contributed by atoms with Gasteiger partial charge in [0.25, 0.3) is 0 Å². The van der Waals surface area contributed by atoms with Crippen molar-refractivity contribution in [1.29, 1.82) is 0 Å². The second-order valence-electron chi connectivity index (χ2n) is 4.24. The van der Waals surface area contributed by atoms with Gasteiger partial charge in [0, 0.05) is 23.3 Å². The van der Waals surface area contributed by atoms with Crippen LogP contribution in [0, 0.1) is 30.7 Å². The topological polar surface area (TPSA) is 38.4 Å². The summed E-state index contributed by atoms with van der Waals surface area (Å²) >= 11 is 0. The van der Waals surface area contributed by atoms with Crippen LogP contribution in [-0.4, -0.2) is 4.86 Å². The summed E-state index contributed by atoms with van der Waals surface area (Å²) in [7, 11) is 0. The van der Waals surface area contributed by atoms with Crippen molar-refractivity contribution in [2.45, 2.75) is 13.8 Å². The van der Waals surface area contributed by atoms with Crippen LogP contribution in [0.3, 0.4) is 0 Å². The molecule has 0 aliphatic rings. The van der Waals surface area contributed by atoms with E-state index in [2.05, 4.69) is 5.11 Å². The molecule has 0 atom stereocenters. The lowest BCUT2D eigenvalue weighted by atomic mass is 10.2. The molecule has 0 amide bonds. The van der Waals surface area contributed by atoms with Crippen molar-refractivity contribution >= 4 is 11.4 Å². The monoisotopic (exact) mass is 262 g/mol. The smallest absolute Gasteiger partial charge is 0.247 e. The lowest BCUT2D eigenvalue weighted by molar-refractivity contribution is -0.435. The highest BCUT2D eigenvalue weighted by atomic mass is 19.1. The maximum absolute atomic E-state index is 13.3. The normalized spacial score (nSPS) is 11.7. The minimum Gasteiger partial charge on any atom is -0.594 e. The van der Waals surface area contributed by atoms with Crippen LogP contribution in [0.15, 0.2) is 41.5 Å². The highest BCUT2D eigenvalue weighted by Crippen LogP contribution is 2.21. The fourth-order valence-electron chi connectivity index (χ4n) is 1.51. The average molecular weight is 262 g/mol. The van der Waals surface area contributed by atoms with E-state index in [0.717, 1.165) is 12.1 Å². The Bertz CT molecular complexity index is 654. The van der Waals surface area contributed by atoms with E-state index in [4.69, 9.17) is 0 Å². The molecule has 0 spiro atoms. The Morgan fingerprint density at radius 1 is 0.947 bits per heavy atom. The van der Waals surface area contributed by atoms with Crippen LogP contribution in [0.4, 0.5) is 20.2 Å². The van der Waals surface area contributed by atoms with Crippen LogP contribution in [0.1, 0.15) is 11.1 Å². The molecule has 2 aromatic rings. The first-order valence-electron chi connectivity index (χ1n) is 5.68. The summed E-state index contributed by atoms with van der Waals surface area (Å²) in [4.78, 5) is 0.270. The number of hydrogen-bond acceptors (Lipinski definition) is 2. The Balaban J connectivity index is 2.36. The van der Waals surface area contributed by atoms with Crippen molar-refractivity contribution in [1.82, 2.24) is 0 Å². The van der Waals surface area contributed by atoms with Gasteiger partial charge < -0.3 is 5.21 Å². The summed E-state index contributed by atoms with van der Waals surface area (Å²) < 4.78 is 26.6. The lowest BCUT2D eigenvalue weighted by Gasteiger charge is -2.02. The van der Waals surface area contributed by atoms with Crippen molar-refractivity contribution in [2.24, 2.45) is 5.11 Å². The molecule has 0 radical (unpaired) electrons. The summed E-state index contributed by atoms with van der Waals surface area (Å²) in [6, 6.07) is 8.24. The predicted molar refractivity (Wildman–Crippen MR) is 67.6 cm³/mol. The van der Waals surface area contributed by atoms with E-state index in [-0.39, 0.29) is 16.2 Å². The average Bonchev–Trinajstić information content (AvgIpc) is 2.37. The molecule has 3 nitrogen and oxygen atoms in total. The molecule has 0 fully saturated rings. The zero-order valence-corrected chi connectivity index (χ0v) is 10.5. The third kappa shape index (κ3) is 2.93. The van der Waals surface area contributed by atoms with Gasteiger partial charge in [-0.25, -0.2) is 8.78 Å². The first-order chi connectivity index (χ1) is 8.97. The standard InChI is InChI=1S/C14H12F2N2O/c1-9-3-5-11(7-13(9)15)17-18(19)12-6-4-10(2)14(16)8-12/h3-8H,1-2H3. The number of aryl methyl sites for hydroxylation is 2. The summed E-state index contributed by atoms with van der Waals surface area (Å²) in [5.41, 5.74) is 1.15. The van der Waals surface area contributed by atoms with Crippen LogP contribution < -0.4 is 0 Å². The number of azo groups is 1. The van der Waals surface area contributed by atoms with Crippen molar-refractivity contribution in [3.05, 3.63) is 64.4 Å². The van der Waals surface area contributed by atoms with Crippen molar-refractivity contribution in [2.75, 3.05) is 0 Å². The van der Waals surface area contributed by atoms with Gasteiger partial charge in [0.2, 0.25) is 5.69 Å². The molecular weight excluding hydrogens is 250 g/mol. The molecule has 0 aliphatic heterocycles. The highest BCUT2D eigenvalue weighted by molar-refractivity contribution is 5.39. The van der Waals surface area contributed by atoms with Gasteiger partial charge in [-0.3, -0.25) is 0 Å². The maximum Gasteiger partial charge on any atom is 0.247 e. The zero-order valence-electron chi connectivity index (χ0n) is 10.5. The summed E-state index contributed by atoms with van der Waals surface area (Å²) in [5, 5.41) is 15.4. The highest BCUT2D eigenvalue weighted by Gasteiger charge is 2.08. The molecule has 5 heteroatoms. The molecule has 0 bridgehead atoms. The van der Waals surface area contributed by atoms with E-state index in [0.29, 0.717) is 11.1 Å². The Kier molecular flexibility index (Phi) is 3.55. The van der Waals surface area contributed by atoms with Gasteiger partial charge in [-0.2, -0.15) is 0 Å². The fraction of sp³-hybridized carbons (Fsp3) is 0.143. The molecule has 2 rings (SSSR count). The maximum atomic E-state index is 13.3. The first-order valence-corrected chi connectivity index (χ1v) is 5.68. The number of halogens is 2. The largest absolute Gasteiger partial charge is 0.594 e. The molecule has 0 unspecified atom stereocenters. The van der Waals surface area contributed by atoms with E-state index >= 15 is 0 Å². The first kappa shape index (κ1) is 13.1. The van der Waals surface area contributed by atoms with Crippen molar-refractivity contribution in [3.63, 3.8) is 0 Å². The Hall–Kier alpha value is -2.30. The second-order valence-corrected chi connectivity index (χ2v) is 4.24. The van der Waals surface area contributed by atoms with E-state index < -0.39 is 11.6 Å². The molecule has 0 aliphatic carbocycles. The Morgan fingerprint density at radius 2 is 1.53 bits per heavy atom. The van der Waals surface area contributed by atoms with Gasteiger partial charge in [0.1, 0.15) is 17.3 Å². The summed E-state index contributed by atoms with van der Waals surface area (Å²) in [5.74, 6) is -0.923. The summed E-state index contributed by atoms with van der Waals surface area (Å²) in [6.07, 6.45) is 0. The minimum absolute atomic E-state index is 0.0593. The van der Waals surface area contributed by atoms with E-state index in [1.54, 1.807) is 13.8 Å². The SMILES string of the molecule is Cc1ccc(N=[N+]([O-])c2ccc(C)c(F)c2)cc1F. The van der Waals surface area contributed by atoms with E-state index in [9.17, 15) is 14.0 Å². The lowest BCUT2D eigenvalue weighted by Crippen LogP contribution is -1.93. The van der Waals surface area contributed by atoms with Crippen molar-refractivity contribution in [3.8, 4) is 0 Å². The van der Waals surface area contributed by atoms with Gasteiger partial charge in [0.15, 0.2) is 0 Å². The van der Waals surface area contributed by atoms with Gasteiger partial charge in [-0.1, -0.05) is 10.9 Å². The molecule has 0 saturated carbocycles. The molecule has 98 valence electrons. The van der Waals surface area contributed by atoms with Gasteiger partial charge in [-0.15, -0.1) is 0 Å². The minimum atomic E-state index is -0.483. The van der Waals surface area contributed by atoms with Crippen LogP contribution in [0.2, 0.25) is 0 Å². The van der Waals surface area contributed by atoms with Crippen LogP contribution in [0.5, 0.6) is 0 Å². The fourth-order valence-corrected chi connectivity index (χ4v) is 1.51. The van der Waals surface area contributed by atoms with Gasteiger partial charge in [0.05, 0.1) is 0 Å². The zero-order chi connectivity index (χ0) is 14.0. The third-order valence-corrected chi connectivity index (χ3v) is 2.74. The molecule has 0 aromatic heterocycles. The third-order valence-electron chi connectivity index (χ3n) is 2.74. The summed E-state index contributed by atoms with van der Waals surface area (Å²) in [6.45, 7) is 3.21. The van der Waals surface area contributed by atoms with Crippen LogP contribution in [-0.2, 0) is 0 Å².